The molecule has 0 atom stereocenters. The van der Waals surface area contributed by atoms with E-state index in [9.17, 15) is 9.59 Å². The lowest BCUT2D eigenvalue weighted by molar-refractivity contribution is -0.130. The Bertz CT molecular complexity index is 410. The minimum Gasteiger partial charge on any atom is -0.484 e. The number of likely N-dealkylation sites (N-methyl/N-ethyl adjacent to an activating group) is 1. The molecule has 0 saturated heterocycles. The maximum Gasteiger partial charge on any atom is 0.259 e. The Morgan fingerprint density at radius 1 is 1.17 bits per heavy atom. The Hall–Kier alpha value is -1.84. The first-order valence-corrected chi connectivity index (χ1v) is 6.00. The molecule has 0 aliphatic carbocycles. The maximum atomic E-state index is 11.6. The summed E-state index contributed by atoms with van der Waals surface area (Å²) in [6.07, 6.45) is 1.40. The van der Waals surface area contributed by atoms with Crippen LogP contribution in [0.2, 0.25) is 0 Å². The van der Waals surface area contributed by atoms with Gasteiger partial charge in [0.05, 0.1) is 0 Å². The lowest BCUT2D eigenvalue weighted by Gasteiger charge is -2.11. The van der Waals surface area contributed by atoms with Crippen LogP contribution in [0.25, 0.3) is 0 Å². The fourth-order valence-corrected chi connectivity index (χ4v) is 1.38. The van der Waals surface area contributed by atoms with Crippen LogP contribution < -0.4 is 4.74 Å². The SMILES string of the molecule is CCCC(=O)c1ccc(OCC(=O)N(C)C)cc1. The molecule has 4 nitrogen and oxygen atoms in total. The van der Waals surface area contributed by atoms with Crippen molar-refractivity contribution in [3.8, 4) is 5.75 Å². The molecule has 18 heavy (non-hydrogen) atoms. The summed E-state index contributed by atoms with van der Waals surface area (Å²) in [5.74, 6) is 0.632. The number of ether oxygens (including phenoxy) is 1. The number of ketones is 1. The van der Waals surface area contributed by atoms with Crippen molar-refractivity contribution >= 4 is 11.7 Å². The second-order valence-electron chi connectivity index (χ2n) is 4.27. The molecule has 1 amide bonds. The number of benzene rings is 1. The normalized spacial score (nSPS) is 9.94. The summed E-state index contributed by atoms with van der Waals surface area (Å²) < 4.78 is 5.32. The van der Waals surface area contributed by atoms with Gasteiger partial charge in [0.2, 0.25) is 0 Å². The number of hydrogen-bond acceptors (Lipinski definition) is 3. The molecule has 0 fully saturated rings. The summed E-state index contributed by atoms with van der Waals surface area (Å²) >= 11 is 0. The van der Waals surface area contributed by atoms with Crippen molar-refractivity contribution in [2.24, 2.45) is 0 Å². The number of Topliss-reactive ketones (excluding diaryl/α,β-unsaturated/α-hetero) is 1. The molecule has 0 aromatic heterocycles. The topological polar surface area (TPSA) is 46.6 Å². The van der Waals surface area contributed by atoms with Crippen LogP contribution in [0.15, 0.2) is 24.3 Å². The Balaban J connectivity index is 2.55. The van der Waals surface area contributed by atoms with Gasteiger partial charge in [0, 0.05) is 26.1 Å². The molecule has 1 aromatic rings. The van der Waals surface area contributed by atoms with Crippen LogP contribution in [-0.4, -0.2) is 37.3 Å². The number of carbonyl (C=O) groups is 2. The minimum atomic E-state index is -0.0962. The van der Waals surface area contributed by atoms with Crippen molar-refractivity contribution in [2.75, 3.05) is 20.7 Å². The summed E-state index contributed by atoms with van der Waals surface area (Å²) in [5.41, 5.74) is 0.683. The first-order valence-electron chi connectivity index (χ1n) is 6.00. The van der Waals surface area contributed by atoms with Crippen molar-refractivity contribution in [3.63, 3.8) is 0 Å². The molecule has 0 unspecified atom stereocenters. The van der Waals surface area contributed by atoms with E-state index in [-0.39, 0.29) is 18.3 Å². The number of hydrogen-bond donors (Lipinski definition) is 0. The predicted octanol–water partition coefficient (Wildman–Crippen LogP) is 2.14. The van der Waals surface area contributed by atoms with Crippen molar-refractivity contribution in [2.45, 2.75) is 19.8 Å². The van der Waals surface area contributed by atoms with E-state index in [4.69, 9.17) is 4.74 Å². The Labute approximate surface area is 108 Å². The smallest absolute Gasteiger partial charge is 0.259 e. The molecular weight excluding hydrogens is 230 g/mol. The van der Waals surface area contributed by atoms with Crippen LogP contribution >= 0.6 is 0 Å². The summed E-state index contributed by atoms with van der Waals surface area (Å²) in [6.45, 7) is 1.98. The molecule has 0 saturated carbocycles. The fraction of sp³-hybridized carbons (Fsp3) is 0.429. The Morgan fingerprint density at radius 3 is 2.28 bits per heavy atom. The second kappa shape index (κ2) is 6.79. The van der Waals surface area contributed by atoms with Gasteiger partial charge in [-0.1, -0.05) is 6.92 Å². The quantitative estimate of drug-likeness (QED) is 0.726. The zero-order valence-corrected chi connectivity index (χ0v) is 11.1. The third-order valence-electron chi connectivity index (χ3n) is 2.51. The Morgan fingerprint density at radius 2 is 1.78 bits per heavy atom. The maximum absolute atomic E-state index is 11.6. The molecule has 0 aliphatic heterocycles. The molecule has 0 bridgehead atoms. The van der Waals surface area contributed by atoms with Gasteiger partial charge in [-0.2, -0.15) is 0 Å². The van der Waals surface area contributed by atoms with Crippen LogP contribution in [0.3, 0.4) is 0 Å². The highest BCUT2D eigenvalue weighted by atomic mass is 16.5. The number of nitrogens with zero attached hydrogens (tertiary/aromatic N) is 1. The van der Waals surface area contributed by atoms with Gasteiger partial charge in [0.15, 0.2) is 12.4 Å². The zero-order valence-electron chi connectivity index (χ0n) is 11.1. The third-order valence-corrected chi connectivity index (χ3v) is 2.51. The van der Waals surface area contributed by atoms with E-state index in [1.54, 1.807) is 38.4 Å². The van der Waals surface area contributed by atoms with E-state index in [2.05, 4.69) is 0 Å². The molecule has 0 spiro atoms. The van der Waals surface area contributed by atoms with Gasteiger partial charge in [-0.25, -0.2) is 0 Å². The van der Waals surface area contributed by atoms with Crippen molar-refractivity contribution < 1.29 is 14.3 Å². The molecule has 1 rings (SSSR count). The van der Waals surface area contributed by atoms with Gasteiger partial charge in [0.1, 0.15) is 5.75 Å². The van der Waals surface area contributed by atoms with Crippen LogP contribution in [0.4, 0.5) is 0 Å². The molecule has 0 N–H and O–H groups in total. The van der Waals surface area contributed by atoms with Gasteiger partial charge in [-0.3, -0.25) is 9.59 Å². The Kier molecular flexibility index (Phi) is 5.36. The van der Waals surface area contributed by atoms with Gasteiger partial charge in [-0.15, -0.1) is 0 Å². The van der Waals surface area contributed by atoms with E-state index in [1.165, 1.54) is 4.90 Å². The van der Waals surface area contributed by atoms with E-state index in [0.29, 0.717) is 17.7 Å². The van der Waals surface area contributed by atoms with Crippen molar-refractivity contribution in [3.05, 3.63) is 29.8 Å². The average molecular weight is 249 g/mol. The fourth-order valence-electron chi connectivity index (χ4n) is 1.38. The van der Waals surface area contributed by atoms with Crippen molar-refractivity contribution in [1.29, 1.82) is 0 Å². The summed E-state index contributed by atoms with van der Waals surface area (Å²) in [4.78, 5) is 24.4. The first-order chi connectivity index (χ1) is 8.54. The summed E-state index contributed by atoms with van der Waals surface area (Å²) in [7, 11) is 3.36. The molecule has 0 heterocycles. The zero-order chi connectivity index (χ0) is 13.5. The highest BCUT2D eigenvalue weighted by Crippen LogP contribution is 2.14. The van der Waals surface area contributed by atoms with Gasteiger partial charge >= 0.3 is 0 Å². The van der Waals surface area contributed by atoms with Gasteiger partial charge in [0.25, 0.3) is 5.91 Å². The molecule has 4 heteroatoms. The predicted molar refractivity (Wildman–Crippen MR) is 69.9 cm³/mol. The largest absolute Gasteiger partial charge is 0.484 e. The van der Waals surface area contributed by atoms with Crippen LogP contribution in [0, 0.1) is 0 Å². The molecule has 0 radical (unpaired) electrons. The van der Waals surface area contributed by atoms with E-state index < -0.39 is 0 Å². The van der Waals surface area contributed by atoms with E-state index in [0.717, 1.165) is 6.42 Å². The van der Waals surface area contributed by atoms with Gasteiger partial charge < -0.3 is 9.64 Å². The summed E-state index contributed by atoms with van der Waals surface area (Å²) in [5, 5.41) is 0. The monoisotopic (exact) mass is 249 g/mol. The minimum absolute atomic E-state index is 0.00918. The summed E-state index contributed by atoms with van der Waals surface area (Å²) in [6, 6.07) is 6.89. The van der Waals surface area contributed by atoms with Crippen LogP contribution in [0.5, 0.6) is 5.75 Å². The van der Waals surface area contributed by atoms with Crippen LogP contribution in [0.1, 0.15) is 30.1 Å². The first kappa shape index (κ1) is 14.2. The molecule has 1 aromatic carbocycles. The lowest BCUT2D eigenvalue weighted by atomic mass is 10.1. The van der Waals surface area contributed by atoms with E-state index >= 15 is 0 Å². The molecule has 98 valence electrons. The van der Waals surface area contributed by atoms with Crippen LogP contribution in [-0.2, 0) is 4.79 Å². The molecular formula is C14H19NO3. The van der Waals surface area contributed by atoms with Gasteiger partial charge in [-0.05, 0) is 30.7 Å². The lowest BCUT2D eigenvalue weighted by Crippen LogP contribution is -2.27. The third kappa shape index (κ3) is 4.20. The average Bonchev–Trinajstić information content (AvgIpc) is 2.36. The highest BCUT2D eigenvalue weighted by Gasteiger charge is 2.07. The highest BCUT2D eigenvalue weighted by molar-refractivity contribution is 5.96. The number of amides is 1. The molecule has 0 aliphatic rings. The standard InChI is InChI=1S/C14H19NO3/c1-4-5-13(16)11-6-8-12(9-7-11)18-10-14(17)15(2)3/h6-9H,4-5,10H2,1-3H3. The number of rotatable bonds is 6. The van der Waals surface area contributed by atoms with Crippen molar-refractivity contribution in [1.82, 2.24) is 4.90 Å². The second-order valence-corrected chi connectivity index (χ2v) is 4.27. The van der Waals surface area contributed by atoms with E-state index in [1.807, 2.05) is 6.92 Å². The number of carbonyl (C=O) groups excluding carboxylic acids is 2.